The average Bonchev–Trinajstić information content (AvgIpc) is 2.64. The minimum atomic E-state index is -0.109. The SMILES string of the molecule is CN(C)c1ccc(C(=O)Nc2cc3c4c(c2)CCC(=O)N4CCC3)cc1. The summed E-state index contributed by atoms with van der Waals surface area (Å²) in [6.07, 6.45) is 3.23. The molecule has 2 aliphatic rings. The van der Waals surface area contributed by atoms with Crippen LogP contribution in [-0.2, 0) is 17.6 Å². The molecule has 0 fully saturated rings. The summed E-state index contributed by atoms with van der Waals surface area (Å²) in [6.45, 7) is 0.808. The van der Waals surface area contributed by atoms with Crippen molar-refractivity contribution in [2.45, 2.75) is 25.7 Å². The standard InChI is InChI=1S/C21H23N3O2/c1-23(2)18-8-5-14(6-9-18)21(26)22-17-12-15-4-3-11-24-19(25)10-7-16(13-17)20(15)24/h5-6,8-9,12-13H,3-4,7,10-11H2,1-2H3,(H,22,26). The van der Waals surface area contributed by atoms with Crippen LogP contribution in [0.3, 0.4) is 0 Å². The van der Waals surface area contributed by atoms with Gasteiger partial charge in [0.15, 0.2) is 0 Å². The van der Waals surface area contributed by atoms with Crippen LogP contribution in [0.2, 0.25) is 0 Å². The first kappa shape index (κ1) is 16.6. The van der Waals surface area contributed by atoms with Gasteiger partial charge in [-0.2, -0.15) is 0 Å². The highest BCUT2D eigenvalue weighted by molar-refractivity contribution is 6.05. The highest BCUT2D eigenvalue weighted by Crippen LogP contribution is 2.37. The molecule has 2 amide bonds. The molecule has 0 aromatic heterocycles. The van der Waals surface area contributed by atoms with Gasteiger partial charge >= 0.3 is 0 Å². The molecule has 0 atom stereocenters. The second-order valence-electron chi connectivity index (χ2n) is 7.19. The van der Waals surface area contributed by atoms with Crippen molar-refractivity contribution in [3.8, 4) is 0 Å². The number of carbonyl (C=O) groups is 2. The third-order valence-electron chi connectivity index (χ3n) is 5.18. The molecule has 2 heterocycles. The first-order chi connectivity index (χ1) is 12.5. The molecule has 134 valence electrons. The van der Waals surface area contributed by atoms with E-state index in [1.54, 1.807) is 0 Å². The summed E-state index contributed by atoms with van der Waals surface area (Å²) in [5.74, 6) is 0.109. The third-order valence-corrected chi connectivity index (χ3v) is 5.18. The molecule has 5 heteroatoms. The number of hydrogen-bond acceptors (Lipinski definition) is 3. The van der Waals surface area contributed by atoms with E-state index in [0.29, 0.717) is 12.0 Å². The lowest BCUT2D eigenvalue weighted by atomic mass is 9.91. The summed E-state index contributed by atoms with van der Waals surface area (Å²) in [6, 6.07) is 11.6. The Bertz CT molecular complexity index is 854. The van der Waals surface area contributed by atoms with Gasteiger partial charge in [-0.1, -0.05) is 0 Å². The van der Waals surface area contributed by atoms with E-state index < -0.39 is 0 Å². The fourth-order valence-electron chi connectivity index (χ4n) is 3.84. The first-order valence-corrected chi connectivity index (χ1v) is 9.08. The molecule has 0 bridgehead atoms. The zero-order valence-corrected chi connectivity index (χ0v) is 15.2. The van der Waals surface area contributed by atoms with E-state index >= 15 is 0 Å². The van der Waals surface area contributed by atoms with Crippen molar-refractivity contribution in [2.75, 3.05) is 35.8 Å². The Labute approximate surface area is 153 Å². The van der Waals surface area contributed by atoms with Gasteiger partial charge in [-0.05, 0) is 66.8 Å². The molecule has 1 N–H and O–H groups in total. The number of nitrogens with zero attached hydrogens (tertiary/aromatic N) is 2. The van der Waals surface area contributed by atoms with Crippen LogP contribution in [0, 0.1) is 0 Å². The molecule has 0 saturated carbocycles. The van der Waals surface area contributed by atoms with Crippen LogP contribution in [0.25, 0.3) is 0 Å². The van der Waals surface area contributed by atoms with Crippen LogP contribution in [0.15, 0.2) is 36.4 Å². The van der Waals surface area contributed by atoms with Gasteiger partial charge in [-0.15, -0.1) is 0 Å². The largest absolute Gasteiger partial charge is 0.378 e. The molecule has 0 radical (unpaired) electrons. The molecule has 0 spiro atoms. The topological polar surface area (TPSA) is 52.7 Å². The van der Waals surface area contributed by atoms with Gasteiger partial charge in [-0.3, -0.25) is 9.59 Å². The van der Waals surface area contributed by atoms with Crippen molar-refractivity contribution in [1.82, 2.24) is 0 Å². The molecular weight excluding hydrogens is 326 g/mol. The van der Waals surface area contributed by atoms with Crippen molar-refractivity contribution in [3.05, 3.63) is 53.1 Å². The molecule has 0 unspecified atom stereocenters. The molecule has 2 aliphatic heterocycles. The van der Waals surface area contributed by atoms with Crippen molar-refractivity contribution in [3.63, 3.8) is 0 Å². The van der Waals surface area contributed by atoms with E-state index in [0.717, 1.165) is 42.9 Å². The van der Waals surface area contributed by atoms with Gasteiger partial charge in [0.25, 0.3) is 5.91 Å². The van der Waals surface area contributed by atoms with Crippen LogP contribution in [0.4, 0.5) is 17.1 Å². The maximum atomic E-state index is 12.6. The smallest absolute Gasteiger partial charge is 0.255 e. The minimum absolute atomic E-state index is 0.109. The highest BCUT2D eigenvalue weighted by atomic mass is 16.2. The second kappa shape index (κ2) is 6.48. The number of hydrogen-bond donors (Lipinski definition) is 1. The van der Waals surface area contributed by atoms with E-state index in [1.807, 2.05) is 60.3 Å². The summed E-state index contributed by atoms with van der Waals surface area (Å²) in [5.41, 5.74) is 5.93. The predicted molar refractivity (Wildman–Crippen MR) is 104 cm³/mol. The number of rotatable bonds is 3. The Morgan fingerprint density at radius 3 is 2.42 bits per heavy atom. The van der Waals surface area contributed by atoms with Gasteiger partial charge < -0.3 is 15.1 Å². The summed E-state index contributed by atoms with van der Waals surface area (Å²) >= 11 is 0. The fraction of sp³-hybridized carbons (Fsp3) is 0.333. The number of amides is 2. The number of carbonyl (C=O) groups excluding carboxylic acids is 2. The Kier molecular flexibility index (Phi) is 4.15. The van der Waals surface area contributed by atoms with Gasteiger partial charge in [-0.25, -0.2) is 0 Å². The van der Waals surface area contributed by atoms with Crippen molar-refractivity contribution in [1.29, 1.82) is 0 Å². The Morgan fingerprint density at radius 1 is 1.04 bits per heavy atom. The molecule has 4 rings (SSSR count). The van der Waals surface area contributed by atoms with Crippen LogP contribution < -0.4 is 15.1 Å². The van der Waals surface area contributed by atoms with Crippen molar-refractivity contribution >= 4 is 28.9 Å². The summed E-state index contributed by atoms with van der Waals surface area (Å²) in [4.78, 5) is 28.7. The van der Waals surface area contributed by atoms with Gasteiger partial charge in [0.1, 0.15) is 0 Å². The van der Waals surface area contributed by atoms with Crippen LogP contribution in [0.1, 0.15) is 34.3 Å². The van der Waals surface area contributed by atoms with Crippen LogP contribution >= 0.6 is 0 Å². The third kappa shape index (κ3) is 2.94. The molecule has 2 aromatic rings. The van der Waals surface area contributed by atoms with Gasteiger partial charge in [0.2, 0.25) is 5.91 Å². The maximum Gasteiger partial charge on any atom is 0.255 e. The lowest BCUT2D eigenvalue weighted by Gasteiger charge is -2.35. The van der Waals surface area contributed by atoms with Crippen molar-refractivity contribution in [2.24, 2.45) is 0 Å². The average molecular weight is 349 g/mol. The summed E-state index contributed by atoms with van der Waals surface area (Å²) < 4.78 is 0. The van der Waals surface area contributed by atoms with E-state index in [-0.39, 0.29) is 11.8 Å². The van der Waals surface area contributed by atoms with Crippen LogP contribution in [0.5, 0.6) is 0 Å². The molecule has 0 aliphatic carbocycles. The van der Waals surface area contributed by atoms with Crippen LogP contribution in [-0.4, -0.2) is 32.5 Å². The molecule has 0 saturated heterocycles. The van der Waals surface area contributed by atoms with E-state index in [9.17, 15) is 9.59 Å². The first-order valence-electron chi connectivity index (χ1n) is 9.08. The number of anilines is 3. The number of benzene rings is 2. The van der Waals surface area contributed by atoms with Gasteiger partial charge in [0, 0.05) is 44.0 Å². The summed E-state index contributed by atoms with van der Waals surface area (Å²) in [5, 5.41) is 3.03. The van der Waals surface area contributed by atoms with Crippen molar-refractivity contribution < 1.29 is 9.59 Å². The molecule has 26 heavy (non-hydrogen) atoms. The highest BCUT2D eigenvalue weighted by Gasteiger charge is 2.29. The normalized spacial score (nSPS) is 15.5. The Morgan fingerprint density at radius 2 is 1.73 bits per heavy atom. The van der Waals surface area contributed by atoms with Gasteiger partial charge in [0.05, 0.1) is 5.69 Å². The Balaban J connectivity index is 1.59. The Hall–Kier alpha value is -2.82. The lowest BCUT2D eigenvalue weighted by molar-refractivity contribution is -0.119. The zero-order valence-electron chi connectivity index (χ0n) is 15.2. The minimum Gasteiger partial charge on any atom is -0.378 e. The fourth-order valence-corrected chi connectivity index (χ4v) is 3.84. The lowest BCUT2D eigenvalue weighted by Crippen LogP contribution is -2.39. The maximum absolute atomic E-state index is 12.6. The predicted octanol–water partition coefficient (Wildman–Crippen LogP) is 3.23. The van der Waals surface area contributed by atoms with E-state index in [4.69, 9.17) is 0 Å². The van der Waals surface area contributed by atoms with E-state index in [2.05, 4.69) is 5.32 Å². The zero-order chi connectivity index (χ0) is 18.3. The molecule has 2 aromatic carbocycles. The van der Waals surface area contributed by atoms with E-state index in [1.165, 1.54) is 11.1 Å². The number of aryl methyl sites for hydroxylation is 2. The monoisotopic (exact) mass is 349 g/mol. The summed E-state index contributed by atoms with van der Waals surface area (Å²) in [7, 11) is 3.95. The molecular formula is C21H23N3O2. The second-order valence-corrected chi connectivity index (χ2v) is 7.19. The quantitative estimate of drug-likeness (QED) is 0.926. The number of nitrogens with one attached hydrogen (secondary N) is 1. The molecule has 5 nitrogen and oxygen atoms in total.